The van der Waals surface area contributed by atoms with Gasteiger partial charge in [0.25, 0.3) is 0 Å². The second-order valence-corrected chi connectivity index (χ2v) is 5.20. The van der Waals surface area contributed by atoms with Gasteiger partial charge in [0.05, 0.1) is 6.04 Å². The number of nitrogens with zero attached hydrogens (tertiary/aromatic N) is 7. The fourth-order valence-electron chi connectivity index (χ4n) is 2.48. The standard InChI is InChI=1S/C13H19N7/c1-18(2)12-3-6-15-13(17-12)19-7-4-11(5-8-19)20-10-14-9-16-20/h3,6,9-11H,4-5,7-8H2,1-2H3. The number of hydrogen-bond donors (Lipinski definition) is 0. The van der Waals surface area contributed by atoms with Crippen LogP contribution in [0.4, 0.5) is 11.8 Å². The van der Waals surface area contributed by atoms with Crippen molar-refractivity contribution in [2.75, 3.05) is 37.0 Å². The molecule has 2 aromatic rings. The minimum Gasteiger partial charge on any atom is -0.363 e. The van der Waals surface area contributed by atoms with Crippen LogP contribution in [-0.2, 0) is 0 Å². The molecule has 2 aromatic heterocycles. The van der Waals surface area contributed by atoms with E-state index in [1.807, 2.05) is 35.9 Å². The molecule has 0 N–H and O–H groups in total. The van der Waals surface area contributed by atoms with Gasteiger partial charge in [0.1, 0.15) is 18.5 Å². The van der Waals surface area contributed by atoms with Gasteiger partial charge in [-0.15, -0.1) is 0 Å². The summed E-state index contributed by atoms with van der Waals surface area (Å²) in [6.07, 6.45) is 7.29. The molecule has 0 saturated carbocycles. The van der Waals surface area contributed by atoms with Crippen LogP contribution in [0, 0.1) is 0 Å². The van der Waals surface area contributed by atoms with Gasteiger partial charge in [0, 0.05) is 33.4 Å². The molecule has 106 valence electrons. The lowest BCUT2D eigenvalue weighted by molar-refractivity contribution is 0.364. The molecular weight excluding hydrogens is 254 g/mol. The first kappa shape index (κ1) is 12.8. The third-order valence-electron chi connectivity index (χ3n) is 3.64. The summed E-state index contributed by atoms with van der Waals surface area (Å²) in [6, 6.07) is 2.36. The highest BCUT2D eigenvalue weighted by Crippen LogP contribution is 2.24. The van der Waals surface area contributed by atoms with E-state index in [4.69, 9.17) is 0 Å². The zero-order valence-electron chi connectivity index (χ0n) is 11.8. The Kier molecular flexibility index (Phi) is 3.49. The smallest absolute Gasteiger partial charge is 0.227 e. The van der Waals surface area contributed by atoms with E-state index >= 15 is 0 Å². The molecule has 0 amide bonds. The SMILES string of the molecule is CN(C)c1ccnc(N2CCC(n3cncn3)CC2)n1. The molecule has 3 heterocycles. The Balaban J connectivity index is 1.67. The number of piperidine rings is 1. The second-order valence-electron chi connectivity index (χ2n) is 5.20. The highest BCUT2D eigenvalue weighted by molar-refractivity contribution is 5.42. The van der Waals surface area contributed by atoms with Crippen molar-refractivity contribution >= 4 is 11.8 Å². The summed E-state index contributed by atoms with van der Waals surface area (Å²) in [4.78, 5) is 17.2. The lowest BCUT2D eigenvalue weighted by Gasteiger charge is -2.32. The summed E-state index contributed by atoms with van der Waals surface area (Å²) < 4.78 is 1.95. The predicted molar refractivity (Wildman–Crippen MR) is 76.9 cm³/mol. The van der Waals surface area contributed by atoms with Crippen LogP contribution >= 0.6 is 0 Å². The zero-order chi connectivity index (χ0) is 13.9. The largest absolute Gasteiger partial charge is 0.363 e. The zero-order valence-corrected chi connectivity index (χ0v) is 11.8. The maximum atomic E-state index is 4.59. The molecule has 1 aliphatic rings. The first-order valence-electron chi connectivity index (χ1n) is 6.83. The number of hydrogen-bond acceptors (Lipinski definition) is 6. The number of aromatic nitrogens is 5. The van der Waals surface area contributed by atoms with Gasteiger partial charge in [-0.25, -0.2) is 14.6 Å². The van der Waals surface area contributed by atoms with Gasteiger partial charge in [-0.1, -0.05) is 0 Å². The van der Waals surface area contributed by atoms with Crippen molar-refractivity contribution in [1.82, 2.24) is 24.7 Å². The van der Waals surface area contributed by atoms with E-state index in [1.54, 1.807) is 12.7 Å². The van der Waals surface area contributed by atoms with Gasteiger partial charge < -0.3 is 9.80 Å². The Morgan fingerprint density at radius 2 is 2.05 bits per heavy atom. The van der Waals surface area contributed by atoms with Crippen LogP contribution in [0.15, 0.2) is 24.9 Å². The normalized spacial score (nSPS) is 16.4. The van der Waals surface area contributed by atoms with E-state index < -0.39 is 0 Å². The number of anilines is 2. The minimum atomic E-state index is 0.436. The molecule has 7 heteroatoms. The molecule has 0 aromatic carbocycles. The van der Waals surface area contributed by atoms with Crippen LogP contribution in [0.2, 0.25) is 0 Å². The topological polar surface area (TPSA) is 63.0 Å². The maximum Gasteiger partial charge on any atom is 0.227 e. The molecule has 7 nitrogen and oxygen atoms in total. The summed E-state index contributed by atoms with van der Waals surface area (Å²) in [6.45, 7) is 1.89. The minimum absolute atomic E-state index is 0.436. The van der Waals surface area contributed by atoms with E-state index in [2.05, 4.69) is 25.0 Å². The fraction of sp³-hybridized carbons (Fsp3) is 0.538. The molecule has 0 radical (unpaired) electrons. The molecule has 20 heavy (non-hydrogen) atoms. The van der Waals surface area contributed by atoms with E-state index in [-0.39, 0.29) is 0 Å². The van der Waals surface area contributed by atoms with E-state index in [9.17, 15) is 0 Å². The predicted octanol–water partition coefficient (Wildman–Crippen LogP) is 0.976. The molecule has 3 rings (SSSR count). The lowest BCUT2D eigenvalue weighted by atomic mass is 10.1. The summed E-state index contributed by atoms with van der Waals surface area (Å²) in [5.74, 6) is 1.75. The quantitative estimate of drug-likeness (QED) is 0.830. The van der Waals surface area contributed by atoms with Gasteiger partial charge >= 0.3 is 0 Å². The molecule has 1 fully saturated rings. The number of rotatable bonds is 3. The summed E-state index contributed by atoms with van der Waals surface area (Å²) in [5, 5.41) is 4.22. The Labute approximate surface area is 118 Å². The Morgan fingerprint density at radius 3 is 2.70 bits per heavy atom. The maximum absolute atomic E-state index is 4.59. The lowest BCUT2D eigenvalue weighted by Crippen LogP contribution is -2.36. The Bertz CT molecular complexity index is 544. The van der Waals surface area contributed by atoms with Crippen molar-refractivity contribution < 1.29 is 0 Å². The van der Waals surface area contributed by atoms with Crippen molar-refractivity contribution in [3.05, 3.63) is 24.9 Å². The van der Waals surface area contributed by atoms with Crippen LogP contribution in [0.1, 0.15) is 18.9 Å². The first-order valence-corrected chi connectivity index (χ1v) is 6.83. The molecule has 1 saturated heterocycles. The average Bonchev–Trinajstić information content (AvgIpc) is 3.02. The van der Waals surface area contributed by atoms with Crippen LogP contribution < -0.4 is 9.80 Å². The molecular formula is C13H19N7. The summed E-state index contributed by atoms with van der Waals surface area (Å²) >= 11 is 0. The molecule has 1 aliphatic heterocycles. The van der Waals surface area contributed by atoms with Crippen LogP contribution in [0.5, 0.6) is 0 Å². The highest BCUT2D eigenvalue weighted by Gasteiger charge is 2.22. The molecule has 0 unspecified atom stereocenters. The molecule has 0 aliphatic carbocycles. The summed E-state index contributed by atoms with van der Waals surface area (Å²) in [5.41, 5.74) is 0. The third-order valence-corrected chi connectivity index (χ3v) is 3.64. The van der Waals surface area contributed by atoms with Crippen molar-refractivity contribution in [2.24, 2.45) is 0 Å². The average molecular weight is 273 g/mol. The Morgan fingerprint density at radius 1 is 1.25 bits per heavy atom. The second kappa shape index (κ2) is 5.44. The van der Waals surface area contributed by atoms with Crippen molar-refractivity contribution in [1.29, 1.82) is 0 Å². The molecule has 0 bridgehead atoms. The summed E-state index contributed by atoms with van der Waals surface area (Å²) in [7, 11) is 3.98. The van der Waals surface area contributed by atoms with E-state index in [1.165, 1.54) is 0 Å². The third kappa shape index (κ3) is 2.56. The van der Waals surface area contributed by atoms with Crippen LogP contribution in [0.25, 0.3) is 0 Å². The van der Waals surface area contributed by atoms with Crippen LogP contribution in [-0.4, -0.2) is 51.9 Å². The monoisotopic (exact) mass is 273 g/mol. The Hall–Kier alpha value is -2.18. The van der Waals surface area contributed by atoms with Gasteiger partial charge in [0.2, 0.25) is 5.95 Å². The fourth-order valence-corrected chi connectivity index (χ4v) is 2.48. The van der Waals surface area contributed by atoms with Crippen molar-refractivity contribution in [2.45, 2.75) is 18.9 Å². The van der Waals surface area contributed by atoms with Gasteiger partial charge in [-0.05, 0) is 18.9 Å². The van der Waals surface area contributed by atoms with Crippen molar-refractivity contribution in [3.63, 3.8) is 0 Å². The van der Waals surface area contributed by atoms with E-state index in [0.29, 0.717) is 6.04 Å². The van der Waals surface area contributed by atoms with Gasteiger partial charge in [-0.3, -0.25) is 0 Å². The van der Waals surface area contributed by atoms with Crippen molar-refractivity contribution in [3.8, 4) is 0 Å². The molecule has 0 spiro atoms. The van der Waals surface area contributed by atoms with E-state index in [0.717, 1.165) is 37.7 Å². The van der Waals surface area contributed by atoms with Crippen LogP contribution in [0.3, 0.4) is 0 Å². The highest BCUT2D eigenvalue weighted by atomic mass is 15.3. The molecule has 0 atom stereocenters. The first-order chi connectivity index (χ1) is 9.74. The van der Waals surface area contributed by atoms with Gasteiger partial charge in [0.15, 0.2) is 0 Å². The van der Waals surface area contributed by atoms with Gasteiger partial charge in [-0.2, -0.15) is 10.1 Å².